The van der Waals surface area contributed by atoms with Crippen LogP contribution in [0.1, 0.15) is 24.8 Å². The molecule has 1 aromatic rings. The Bertz CT molecular complexity index is 290. The number of halogens is 1. The zero-order valence-electron chi connectivity index (χ0n) is 8.28. The minimum atomic E-state index is -0.353. The number of hydrogen-bond acceptors (Lipinski definition) is 2. The maximum absolute atomic E-state index is 9.77. The molecule has 0 fully saturated rings. The van der Waals surface area contributed by atoms with E-state index in [1.54, 1.807) is 0 Å². The van der Waals surface area contributed by atoms with E-state index in [1.165, 1.54) is 0 Å². The highest BCUT2D eigenvalue weighted by atomic mass is 79.9. The largest absolute Gasteiger partial charge is 0.392 e. The van der Waals surface area contributed by atoms with E-state index in [2.05, 4.69) is 15.9 Å². The van der Waals surface area contributed by atoms with Crippen molar-refractivity contribution in [2.75, 3.05) is 6.54 Å². The molecule has 0 spiro atoms. The van der Waals surface area contributed by atoms with Crippen molar-refractivity contribution in [1.82, 2.24) is 0 Å². The molecule has 0 radical (unpaired) electrons. The molecule has 0 aliphatic rings. The first-order valence-corrected chi connectivity index (χ1v) is 5.62. The number of aliphatic hydroxyl groups is 1. The summed E-state index contributed by atoms with van der Waals surface area (Å²) in [7, 11) is 0. The quantitative estimate of drug-likeness (QED) is 0.870. The van der Waals surface area contributed by atoms with Crippen molar-refractivity contribution < 1.29 is 5.11 Å². The zero-order chi connectivity index (χ0) is 10.6. The predicted molar refractivity (Wildman–Crippen MR) is 62.2 cm³/mol. The summed E-state index contributed by atoms with van der Waals surface area (Å²) in [5, 5.41) is 9.77. The minimum absolute atomic E-state index is 0.0394. The number of benzene rings is 1. The topological polar surface area (TPSA) is 46.2 Å². The van der Waals surface area contributed by atoms with Crippen molar-refractivity contribution in [3.8, 4) is 0 Å². The number of nitrogens with two attached hydrogens (primary N) is 1. The van der Waals surface area contributed by atoms with Gasteiger partial charge < -0.3 is 10.8 Å². The Balaban J connectivity index is 2.89. The first kappa shape index (κ1) is 11.7. The van der Waals surface area contributed by atoms with Crippen LogP contribution in [0, 0.1) is 0 Å². The summed E-state index contributed by atoms with van der Waals surface area (Å²) in [5.41, 5.74) is 6.75. The standard InChI is InChI=1S/C11H16BrNO/c1-2-11(14)10(7-13)8-4-3-5-9(12)6-8/h3-6,10-11,14H,2,7,13H2,1H3. The smallest absolute Gasteiger partial charge is 0.0618 e. The van der Waals surface area contributed by atoms with E-state index in [1.807, 2.05) is 31.2 Å². The third kappa shape index (κ3) is 2.80. The molecule has 2 nitrogen and oxygen atoms in total. The van der Waals surface area contributed by atoms with Crippen molar-refractivity contribution in [2.24, 2.45) is 5.73 Å². The average Bonchev–Trinajstić information content (AvgIpc) is 2.19. The van der Waals surface area contributed by atoms with Gasteiger partial charge in [-0.1, -0.05) is 35.0 Å². The molecule has 0 heterocycles. The van der Waals surface area contributed by atoms with Crippen molar-refractivity contribution in [2.45, 2.75) is 25.4 Å². The summed E-state index contributed by atoms with van der Waals surface area (Å²) >= 11 is 3.41. The molecule has 1 aromatic carbocycles. The molecule has 2 atom stereocenters. The van der Waals surface area contributed by atoms with Crippen LogP contribution in [-0.4, -0.2) is 17.8 Å². The monoisotopic (exact) mass is 257 g/mol. The summed E-state index contributed by atoms with van der Waals surface area (Å²) in [6, 6.07) is 7.94. The predicted octanol–water partition coefficient (Wildman–Crippen LogP) is 2.26. The van der Waals surface area contributed by atoms with Crippen LogP contribution in [0.3, 0.4) is 0 Å². The normalized spacial score (nSPS) is 15.1. The summed E-state index contributed by atoms with van der Waals surface area (Å²) in [6.07, 6.45) is 0.378. The first-order chi connectivity index (χ1) is 6.69. The number of aliphatic hydroxyl groups excluding tert-OH is 1. The summed E-state index contributed by atoms with van der Waals surface area (Å²) in [5.74, 6) is 0.0394. The van der Waals surface area contributed by atoms with Crippen LogP contribution in [0.2, 0.25) is 0 Å². The average molecular weight is 258 g/mol. The molecule has 3 N–H and O–H groups in total. The fraction of sp³-hybridized carbons (Fsp3) is 0.455. The second-order valence-electron chi connectivity index (χ2n) is 3.37. The Hall–Kier alpha value is -0.380. The molecule has 78 valence electrons. The number of hydrogen-bond donors (Lipinski definition) is 2. The third-order valence-corrected chi connectivity index (χ3v) is 2.91. The van der Waals surface area contributed by atoms with Crippen molar-refractivity contribution in [1.29, 1.82) is 0 Å². The van der Waals surface area contributed by atoms with Crippen LogP contribution in [0.15, 0.2) is 28.7 Å². The second kappa shape index (κ2) is 5.49. The van der Waals surface area contributed by atoms with Gasteiger partial charge in [-0.15, -0.1) is 0 Å². The summed E-state index contributed by atoms with van der Waals surface area (Å²) in [4.78, 5) is 0. The van der Waals surface area contributed by atoms with Crippen LogP contribution < -0.4 is 5.73 Å². The Morgan fingerprint density at radius 1 is 1.50 bits per heavy atom. The zero-order valence-corrected chi connectivity index (χ0v) is 9.87. The fourth-order valence-corrected chi connectivity index (χ4v) is 1.95. The molecule has 2 unspecified atom stereocenters. The van der Waals surface area contributed by atoms with Crippen molar-refractivity contribution in [3.63, 3.8) is 0 Å². The van der Waals surface area contributed by atoms with Gasteiger partial charge in [-0.2, -0.15) is 0 Å². The summed E-state index contributed by atoms with van der Waals surface area (Å²) < 4.78 is 1.02. The Morgan fingerprint density at radius 3 is 2.71 bits per heavy atom. The van der Waals surface area contributed by atoms with E-state index in [-0.39, 0.29) is 12.0 Å². The molecular weight excluding hydrogens is 242 g/mol. The lowest BCUT2D eigenvalue weighted by Gasteiger charge is -2.20. The molecule has 0 amide bonds. The molecule has 0 aromatic heterocycles. The van der Waals surface area contributed by atoms with Crippen LogP contribution in [0.4, 0.5) is 0 Å². The van der Waals surface area contributed by atoms with E-state index in [0.717, 1.165) is 16.5 Å². The van der Waals surface area contributed by atoms with Gasteiger partial charge in [0.2, 0.25) is 0 Å². The van der Waals surface area contributed by atoms with Gasteiger partial charge in [0.15, 0.2) is 0 Å². The van der Waals surface area contributed by atoms with Crippen molar-refractivity contribution in [3.05, 3.63) is 34.3 Å². The van der Waals surface area contributed by atoms with Gasteiger partial charge in [0.1, 0.15) is 0 Å². The molecular formula is C11H16BrNO. The molecule has 14 heavy (non-hydrogen) atoms. The molecule has 1 rings (SSSR count). The Morgan fingerprint density at radius 2 is 2.21 bits per heavy atom. The van der Waals surface area contributed by atoms with E-state index < -0.39 is 0 Å². The van der Waals surface area contributed by atoms with Crippen LogP contribution in [-0.2, 0) is 0 Å². The summed E-state index contributed by atoms with van der Waals surface area (Å²) in [6.45, 7) is 2.44. The van der Waals surface area contributed by atoms with E-state index >= 15 is 0 Å². The first-order valence-electron chi connectivity index (χ1n) is 4.82. The highest BCUT2D eigenvalue weighted by Crippen LogP contribution is 2.23. The van der Waals surface area contributed by atoms with Gasteiger partial charge >= 0.3 is 0 Å². The lowest BCUT2D eigenvalue weighted by molar-refractivity contribution is 0.141. The maximum atomic E-state index is 9.77. The van der Waals surface area contributed by atoms with E-state index in [9.17, 15) is 5.11 Å². The van der Waals surface area contributed by atoms with Crippen molar-refractivity contribution >= 4 is 15.9 Å². The molecule has 0 bridgehead atoms. The molecule has 0 saturated carbocycles. The SMILES string of the molecule is CCC(O)C(CN)c1cccc(Br)c1. The maximum Gasteiger partial charge on any atom is 0.0618 e. The lowest BCUT2D eigenvalue weighted by Crippen LogP contribution is -2.25. The van der Waals surface area contributed by atoms with Crippen LogP contribution in [0.25, 0.3) is 0 Å². The fourth-order valence-electron chi connectivity index (χ4n) is 1.54. The molecule has 0 aliphatic heterocycles. The molecule has 3 heteroatoms. The van der Waals surface area contributed by atoms with Gasteiger partial charge in [0.05, 0.1) is 6.10 Å². The van der Waals surface area contributed by atoms with E-state index in [4.69, 9.17) is 5.73 Å². The van der Waals surface area contributed by atoms with Gasteiger partial charge in [-0.05, 0) is 24.1 Å². The molecule has 0 saturated heterocycles. The van der Waals surface area contributed by atoms with E-state index in [0.29, 0.717) is 6.54 Å². The van der Waals surface area contributed by atoms with Crippen LogP contribution >= 0.6 is 15.9 Å². The molecule has 0 aliphatic carbocycles. The van der Waals surface area contributed by atoms with Gasteiger partial charge in [-0.25, -0.2) is 0 Å². The Labute approximate surface area is 93.3 Å². The minimum Gasteiger partial charge on any atom is -0.392 e. The number of rotatable bonds is 4. The second-order valence-corrected chi connectivity index (χ2v) is 4.29. The van der Waals surface area contributed by atoms with Gasteiger partial charge in [0, 0.05) is 16.9 Å². The lowest BCUT2D eigenvalue weighted by atomic mass is 9.92. The van der Waals surface area contributed by atoms with Gasteiger partial charge in [0.25, 0.3) is 0 Å². The Kier molecular flexibility index (Phi) is 4.58. The highest BCUT2D eigenvalue weighted by molar-refractivity contribution is 9.10. The van der Waals surface area contributed by atoms with Crippen LogP contribution in [0.5, 0.6) is 0 Å². The van der Waals surface area contributed by atoms with Gasteiger partial charge in [-0.3, -0.25) is 0 Å². The third-order valence-electron chi connectivity index (χ3n) is 2.41. The highest BCUT2D eigenvalue weighted by Gasteiger charge is 2.17.